The lowest BCUT2D eigenvalue weighted by molar-refractivity contribution is 0.341. The van der Waals surface area contributed by atoms with Crippen molar-refractivity contribution in [1.29, 1.82) is 0 Å². The van der Waals surface area contributed by atoms with Crippen molar-refractivity contribution >= 4 is 21.6 Å². The highest BCUT2D eigenvalue weighted by atomic mass is 32.1. The van der Waals surface area contributed by atoms with Crippen molar-refractivity contribution in [2.24, 2.45) is 0 Å². The number of nitrogens with zero attached hydrogens (tertiary/aromatic N) is 1. The van der Waals surface area contributed by atoms with E-state index in [4.69, 9.17) is 9.47 Å². The summed E-state index contributed by atoms with van der Waals surface area (Å²) in [6, 6.07) is 10.9. The fraction of sp³-hybridized carbons (Fsp3) is 0.188. The average molecular weight is 301 g/mol. The third-order valence-corrected chi connectivity index (χ3v) is 4.16. The van der Waals surface area contributed by atoms with Gasteiger partial charge in [-0.25, -0.2) is 4.98 Å². The van der Waals surface area contributed by atoms with Gasteiger partial charge in [-0.3, -0.25) is 0 Å². The minimum atomic E-state index is 0.194. The number of ether oxygens (including phenoxy) is 2. The molecule has 108 valence electrons. The van der Waals surface area contributed by atoms with Crippen LogP contribution in [0.25, 0.3) is 20.8 Å². The molecule has 0 spiro atoms. The van der Waals surface area contributed by atoms with Gasteiger partial charge in [-0.05, 0) is 43.3 Å². The van der Waals surface area contributed by atoms with Gasteiger partial charge in [0.25, 0.3) is 0 Å². The second-order valence-electron chi connectivity index (χ2n) is 4.46. The molecular weight excluding hydrogens is 286 g/mol. The van der Waals surface area contributed by atoms with E-state index in [2.05, 4.69) is 4.98 Å². The van der Waals surface area contributed by atoms with Crippen LogP contribution in [0.2, 0.25) is 0 Å². The Hall–Kier alpha value is -2.27. The summed E-state index contributed by atoms with van der Waals surface area (Å²) in [6.45, 7) is 2.59. The molecule has 0 amide bonds. The molecule has 3 rings (SSSR count). The highest BCUT2D eigenvalue weighted by Crippen LogP contribution is 2.38. The Morgan fingerprint density at radius 3 is 2.71 bits per heavy atom. The summed E-state index contributed by atoms with van der Waals surface area (Å²) in [5.74, 6) is 1.71. The van der Waals surface area contributed by atoms with Crippen molar-refractivity contribution in [2.75, 3.05) is 13.7 Å². The van der Waals surface area contributed by atoms with Crippen molar-refractivity contribution in [3.63, 3.8) is 0 Å². The van der Waals surface area contributed by atoms with Gasteiger partial charge in [0.2, 0.25) is 0 Å². The third kappa shape index (κ3) is 2.64. The third-order valence-electron chi connectivity index (χ3n) is 3.11. The Morgan fingerprint density at radius 1 is 1.14 bits per heavy atom. The molecular formula is C16H15NO3S. The predicted octanol–water partition coefficient (Wildman–Crippen LogP) is 4.08. The van der Waals surface area contributed by atoms with E-state index in [-0.39, 0.29) is 5.75 Å². The van der Waals surface area contributed by atoms with Crippen LogP contribution >= 0.6 is 11.3 Å². The molecule has 0 aliphatic heterocycles. The summed E-state index contributed by atoms with van der Waals surface area (Å²) in [4.78, 5) is 4.57. The highest BCUT2D eigenvalue weighted by Gasteiger charge is 2.12. The van der Waals surface area contributed by atoms with E-state index in [1.165, 1.54) is 11.3 Å². The molecule has 4 nitrogen and oxygen atoms in total. The Morgan fingerprint density at radius 2 is 1.95 bits per heavy atom. The van der Waals surface area contributed by atoms with Gasteiger partial charge in [0, 0.05) is 0 Å². The van der Waals surface area contributed by atoms with Gasteiger partial charge < -0.3 is 14.6 Å². The Labute approximate surface area is 126 Å². The van der Waals surface area contributed by atoms with Crippen LogP contribution < -0.4 is 9.47 Å². The maximum Gasteiger partial charge on any atom is 0.128 e. The number of fused-ring (bicyclic) bond motifs is 1. The van der Waals surface area contributed by atoms with Crippen LogP contribution in [0.1, 0.15) is 6.92 Å². The first kappa shape index (κ1) is 13.7. The number of benzene rings is 2. The lowest BCUT2D eigenvalue weighted by atomic mass is 10.2. The van der Waals surface area contributed by atoms with Crippen molar-refractivity contribution in [3.8, 4) is 27.8 Å². The number of hydrogen-bond acceptors (Lipinski definition) is 5. The Bertz CT molecular complexity index is 782. The van der Waals surface area contributed by atoms with E-state index in [0.717, 1.165) is 21.0 Å². The molecule has 0 atom stereocenters. The molecule has 0 unspecified atom stereocenters. The number of aromatic nitrogens is 1. The molecule has 1 heterocycles. The first-order valence-corrected chi connectivity index (χ1v) is 7.43. The predicted molar refractivity (Wildman–Crippen MR) is 84.4 cm³/mol. The Balaban J connectivity index is 2.08. The first-order chi connectivity index (χ1) is 10.2. The second kappa shape index (κ2) is 5.61. The lowest BCUT2D eigenvalue weighted by Crippen LogP contribution is -1.89. The standard InChI is InChI=1S/C16H15NO3S/c1-3-20-11-4-6-13-15(9-11)21-16(17-13)12-8-10(19-2)5-7-14(12)18/h4-9,18H,3H2,1-2H3. The van der Waals surface area contributed by atoms with Gasteiger partial charge in [-0.15, -0.1) is 11.3 Å². The summed E-state index contributed by atoms with van der Waals surface area (Å²) in [5, 5.41) is 10.8. The van der Waals surface area contributed by atoms with Crippen molar-refractivity contribution in [3.05, 3.63) is 36.4 Å². The zero-order chi connectivity index (χ0) is 14.8. The van der Waals surface area contributed by atoms with Crippen LogP contribution in [0.4, 0.5) is 0 Å². The minimum Gasteiger partial charge on any atom is -0.507 e. The van der Waals surface area contributed by atoms with Crippen LogP contribution in [0.15, 0.2) is 36.4 Å². The summed E-state index contributed by atoms with van der Waals surface area (Å²) in [5.41, 5.74) is 1.56. The zero-order valence-corrected chi connectivity index (χ0v) is 12.6. The monoisotopic (exact) mass is 301 g/mol. The molecule has 3 aromatic rings. The smallest absolute Gasteiger partial charge is 0.128 e. The topological polar surface area (TPSA) is 51.6 Å². The molecule has 0 saturated heterocycles. The first-order valence-electron chi connectivity index (χ1n) is 6.62. The highest BCUT2D eigenvalue weighted by molar-refractivity contribution is 7.21. The summed E-state index contributed by atoms with van der Waals surface area (Å²) in [6.07, 6.45) is 0. The van der Waals surface area contributed by atoms with E-state index >= 15 is 0 Å². The molecule has 0 saturated carbocycles. The fourth-order valence-electron chi connectivity index (χ4n) is 2.09. The zero-order valence-electron chi connectivity index (χ0n) is 11.8. The summed E-state index contributed by atoms with van der Waals surface area (Å²) >= 11 is 1.52. The normalized spacial score (nSPS) is 10.8. The number of hydrogen-bond donors (Lipinski definition) is 1. The molecule has 0 aliphatic carbocycles. The summed E-state index contributed by atoms with van der Waals surface area (Å²) < 4.78 is 11.7. The number of rotatable bonds is 4. The van der Waals surface area contributed by atoms with E-state index in [9.17, 15) is 5.11 Å². The molecule has 0 bridgehead atoms. The number of thiazole rings is 1. The van der Waals surface area contributed by atoms with Crippen LogP contribution in [-0.2, 0) is 0 Å². The quantitative estimate of drug-likeness (QED) is 0.789. The molecule has 21 heavy (non-hydrogen) atoms. The van der Waals surface area contributed by atoms with E-state index < -0.39 is 0 Å². The maximum atomic E-state index is 10.0. The van der Waals surface area contributed by atoms with Crippen molar-refractivity contribution < 1.29 is 14.6 Å². The van der Waals surface area contributed by atoms with Gasteiger partial charge in [0.05, 0.1) is 29.5 Å². The number of methoxy groups -OCH3 is 1. The minimum absolute atomic E-state index is 0.194. The van der Waals surface area contributed by atoms with E-state index in [1.54, 1.807) is 25.3 Å². The Kier molecular flexibility index (Phi) is 3.66. The van der Waals surface area contributed by atoms with Crippen molar-refractivity contribution in [2.45, 2.75) is 6.92 Å². The number of phenolic OH excluding ortho intramolecular Hbond substituents is 1. The van der Waals surface area contributed by atoms with Gasteiger partial charge in [-0.2, -0.15) is 0 Å². The molecule has 2 aromatic carbocycles. The van der Waals surface area contributed by atoms with Gasteiger partial charge in [0.15, 0.2) is 0 Å². The van der Waals surface area contributed by atoms with Crippen LogP contribution in [0.5, 0.6) is 17.2 Å². The molecule has 0 radical (unpaired) electrons. The van der Waals surface area contributed by atoms with Gasteiger partial charge in [-0.1, -0.05) is 0 Å². The van der Waals surface area contributed by atoms with Crippen LogP contribution in [-0.4, -0.2) is 23.8 Å². The molecule has 1 aromatic heterocycles. The van der Waals surface area contributed by atoms with E-state index in [1.807, 2.05) is 25.1 Å². The second-order valence-corrected chi connectivity index (χ2v) is 5.50. The fourth-order valence-corrected chi connectivity index (χ4v) is 3.11. The average Bonchev–Trinajstić information content (AvgIpc) is 2.91. The molecule has 0 fully saturated rings. The SMILES string of the molecule is CCOc1ccc2nc(-c3cc(OC)ccc3O)sc2c1. The molecule has 0 aliphatic rings. The maximum absolute atomic E-state index is 10.0. The number of aromatic hydroxyl groups is 1. The number of phenols is 1. The molecule has 5 heteroatoms. The van der Waals surface area contributed by atoms with Crippen LogP contribution in [0, 0.1) is 0 Å². The molecule has 1 N–H and O–H groups in total. The van der Waals surface area contributed by atoms with Crippen LogP contribution in [0.3, 0.4) is 0 Å². The van der Waals surface area contributed by atoms with Gasteiger partial charge >= 0.3 is 0 Å². The van der Waals surface area contributed by atoms with E-state index in [0.29, 0.717) is 17.9 Å². The van der Waals surface area contributed by atoms with Gasteiger partial charge in [0.1, 0.15) is 22.3 Å². The lowest BCUT2D eigenvalue weighted by Gasteiger charge is -2.04. The van der Waals surface area contributed by atoms with Crippen molar-refractivity contribution in [1.82, 2.24) is 4.98 Å². The summed E-state index contributed by atoms with van der Waals surface area (Å²) in [7, 11) is 1.60. The largest absolute Gasteiger partial charge is 0.507 e.